The normalized spacial score (nSPS) is 17.7. The molecule has 1 aliphatic heterocycles. The summed E-state index contributed by atoms with van der Waals surface area (Å²) in [6.45, 7) is 8.67. The van der Waals surface area contributed by atoms with Gasteiger partial charge in [0.2, 0.25) is 17.7 Å². The Morgan fingerprint density at radius 3 is 2.44 bits per heavy atom. The molecule has 2 amide bonds. The van der Waals surface area contributed by atoms with Crippen LogP contribution in [0.2, 0.25) is 0 Å². The van der Waals surface area contributed by atoms with Gasteiger partial charge in [0.1, 0.15) is 17.6 Å². The summed E-state index contributed by atoms with van der Waals surface area (Å²) >= 11 is 0. The molecule has 0 radical (unpaired) electrons. The number of nitrogens with zero attached hydrogens (tertiary/aromatic N) is 4. The molecule has 2 aromatic heterocycles. The number of hydrogen-bond acceptors (Lipinski definition) is 8. The van der Waals surface area contributed by atoms with E-state index >= 15 is 4.39 Å². The van der Waals surface area contributed by atoms with Gasteiger partial charge >= 0.3 is 0 Å². The van der Waals surface area contributed by atoms with Crippen molar-refractivity contribution in [3.63, 3.8) is 0 Å². The highest BCUT2D eigenvalue weighted by molar-refractivity contribution is 5.89. The summed E-state index contributed by atoms with van der Waals surface area (Å²) < 4.78 is 31.3. The summed E-state index contributed by atoms with van der Waals surface area (Å²) in [5.74, 6) is 0.0650. The van der Waals surface area contributed by atoms with Crippen molar-refractivity contribution in [2.45, 2.75) is 58.8 Å². The zero-order valence-electron chi connectivity index (χ0n) is 27.2. The molecule has 0 spiro atoms. The Morgan fingerprint density at radius 2 is 1.80 bits per heavy atom. The van der Waals surface area contributed by atoms with E-state index < -0.39 is 12.1 Å². The smallest absolute Gasteiger partial charge is 0.244 e. The van der Waals surface area contributed by atoms with Crippen LogP contribution < -0.4 is 14.8 Å². The first-order chi connectivity index (χ1) is 21.6. The number of carbonyl (C=O) groups is 2. The first-order valence-corrected chi connectivity index (χ1v) is 15.2. The Bertz CT molecular complexity index is 1450. The van der Waals surface area contributed by atoms with Gasteiger partial charge in [-0.3, -0.25) is 19.5 Å². The summed E-state index contributed by atoms with van der Waals surface area (Å²) in [6.07, 6.45) is 2.09. The van der Waals surface area contributed by atoms with Crippen LogP contribution in [0.4, 0.5) is 4.39 Å². The van der Waals surface area contributed by atoms with E-state index in [4.69, 9.17) is 14.2 Å². The molecule has 10 nitrogen and oxygen atoms in total. The van der Waals surface area contributed by atoms with Crippen molar-refractivity contribution in [1.29, 1.82) is 0 Å². The Labute approximate surface area is 264 Å². The number of aromatic nitrogens is 2. The lowest BCUT2D eigenvalue weighted by atomic mass is 9.97. The lowest BCUT2D eigenvalue weighted by molar-refractivity contribution is -0.151. The topological polar surface area (TPSA) is 106 Å². The average molecular weight is 622 g/mol. The minimum atomic E-state index is -0.769. The van der Waals surface area contributed by atoms with Crippen LogP contribution in [-0.4, -0.2) is 84.7 Å². The number of halogens is 1. The van der Waals surface area contributed by atoms with Gasteiger partial charge in [-0.25, -0.2) is 9.37 Å². The molecule has 45 heavy (non-hydrogen) atoms. The number of rotatable bonds is 12. The van der Waals surface area contributed by atoms with Crippen molar-refractivity contribution in [3.05, 3.63) is 71.3 Å². The van der Waals surface area contributed by atoms with Crippen LogP contribution in [0.25, 0.3) is 11.3 Å². The number of pyridine rings is 2. The van der Waals surface area contributed by atoms with E-state index in [1.165, 1.54) is 0 Å². The van der Waals surface area contributed by atoms with Crippen LogP contribution in [0.1, 0.15) is 50.1 Å². The standard InChI is InChI=1S/C34H44FN5O5/c1-21(2)34(42)40-23(4)19-39(28(13-15-43-5)32-31(35)22(3)12-14-36-32)20-29(40)33(41)37-18-24-8-10-25(11-9-24)27-16-26(44-6)17-30(38-27)45-7/h8-12,14,16-17,21,23,28-29H,13,15,18-20H2,1-7H3,(H,37,41)/t23-,28-,29-/m1/s1. The molecule has 1 N–H and O–H groups in total. The molecule has 0 aliphatic carbocycles. The molecule has 0 saturated carbocycles. The molecule has 1 saturated heterocycles. The van der Waals surface area contributed by atoms with Crippen molar-refractivity contribution >= 4 is 11.8 Å². The van der Waals surface area contributed by atoms with E-state index in [1.807, 2.05) is 51.1 Å². The van der Waals surface area contributed by atoms with E-state index in [-0.39, 0.29) is 42.7 Å². The van der Waals surface area contributed by atoms with Gasteiger partial charge in [0.25, 0.3) is 0 Å². The molecule has 1 fully saturated rings. The Hall–Kier alpha value is -4.09. The number of amides is 2. The third kappa shape index (κ3) is 7.96. The van der Waals surface area contributed by atoms with Gasteiger partial charge in [0, 0.05) is 69.2 Å². The quantitative estimate of drug-likeness (QED) is 0.314. The molecule has 0 bridgehead atoms. The molecule has 11 heteroatoms. The number of carbonyl (C=O) groups excluding carboxylic acids is 2. The second kappa shape index (κ2) is 15.3. The third-order valence-electron chi connectivity index (χ3n) is 8.17. The van der Waals surface area contributed by atoms with E-state index in [2.05, 4.69) is 20.2 Å². The molecule has 4 rings (SSSR count). The van der Waals surface area contributed by atoms with E-state index in [0.717, 1.165) is 11.1 Å². The maximum Gasteiger partial charge on any atom is 0.244 e. The van der Waals surface area contributed by atoms with Gasteiger partial charge in [-0.15, -0.1) is 0 Å². The highest BCUT2D eigenvalue weighted by atomic mass is 19.1. The van der Waals surface area contributed by atoms with Crippen molar-refractivity contribution in [2.75, 3.05) is 41.0 Å². The van der Waals surface area contributed by atoms with Crippen LogP contribution in [0, 0.1) is 18.7 Å². The molecule has 3 aromatic rings. The molecule has 3 heterocycles. The lowest BCUT2D eigenvalue weighted by Gasteiger charge is -2.47. The Balaban J connectivity index is 1.55. The van der Waals surface area contributed by atoms with E-state index in [1.54, 1.807) is 51.5 Å². The highest BCUT2D eigenvalue weighted by Gasteiger charge is 2.42. The number of aryl methyl sites for hydroxylation is 1. The van der Waals surface area contributed by atoms with Crippen molar-refractivity contribution in [1.82, 2.24) is 25.1 Å². The van der Waals surface area contributed by atoms with Gasteiger partial charge in [-0.05, 0) is 37.5 Å². The van der Waals surface area contributed by atoms with E-state index in [9.17, 15) is 9.59 Å². The number of nitrogens with one attached hydrogen (secondary N) is 1. The van der Waals surface area contributed by atoms with Gasteiger partial charge in [0.15, 0.2) is 0 Å². The van der Waals surface area contributed by atoms with Crippen LogP contribution >= 0.6 is 0 Å². The van der Waals surface area contributed by atoms with Crippen molar-refractivity contribution in [3.8, 4) is 22.9 Å². The Kier molecular flexibility index (Phi) is 11.5. The second-order valence-corrected chi connectivity index (χ2v) is 11.7. The molecule has 3 atom stereocenters. The summed E-state index contributed by atoms with van der Waals surface area (Å²) in [4.78, 5) is 39.9. The largest absolute Gasteiger partial charge is 0.496 e. The molecule has 0 unspecified atom stereocenters. The summed E-state index contributed by atoms with van der Waals surface area (Å²) in [5, 5.41) is 3.04. The van der Waals surface area contributed by atoms with Gasteiger partial charge in [0.05, 0.1) is 31.6 Å². The number of benzene rings is 1. The fourth-order valence-electron chi connectivity index (χ4n) is 5.72. The maximum atomic E-state index is 15.3. The van der Waals surface area contributed by atoms with Crippen LogP contribution in [0.5, 0.6) is 11.6 Å². The summed E-state index contributed by atoms with van der Waals surface area (Å²) in [6, 6.07) is 11.4. The number of piperazine rings is 1. The zero-order valence-corrected chi connectivity index (χ0v) is 27.2. The minimum Gasteiger partial charge on any atom is -0.496 e. The third-order valence-corrected chi connectivity index (χ3v) is 8.17. The molecule has 242 valence electrons. The number of ether oxygens (including phenoxy) is 3. The lowest BCUT2D eigenvalue weighted by Crippen LogP contribution is -2.65. The van der Waals surface area contributed by atoms with Gasteiger partial charge < -0.3 is 24.4 Å². The van der Waals surface area contributed by atoms with Crippen LogP contribution in [-0.2, 0) is 20.9 Å². The first kappa shape index (κ1) is 33.8. The fraction of sp³-hybridized carbons (Fsp3) is 0.471. The predicted octanol–water partition coefficient (Wildman–Crippen LogP) is 4.56. The van der Waals surface area contributed by atoms with Crippen molar-refractivity contribution < 1.29 is 28.2 Å². The fourth-order valence-corrected chi connectivity index (χ4v) is 5.72. The zero-order chi connectivity index (χ0) is 32.7. The molecule has 1 aliphatic rings. The highest BCUT2D eigenvalue weighted by Crippen LogP contribution is 2.31. The predicted molar refractivity (Wildman–Crippen MR) is 169 cm³/mol. The number of methoxy groups -OCH3 is 3. The summed E-state index contributed by atoms with van der Waals surface area (Å²) in [7, 11) is 4.74. The van der Waals surface area contributed by atoms with Crippen LogP contribution in [0.15, 0.2) is 48.7 Å². The molecular weight excluding hydrogens is 577 g/mol. The average Bonchev–Trinajstić information content (AvgIpc) is 3.04. The SMILES string of the molecule is COCC[C@H](c1nccc(C)c1F)N1C[C@@H](C)N(C(=O)C(C)C)[C@@H](C(=O)NCc2ccc(-c3cc(OC)cc(OC)n3)cc2)C1. The maximum absolute atomic E-state index is 15.3. The summed E-state index contributed by atoms with van der Waals surface area (Å²) in [5.41, 5.74) is 3.28. The molecular formula is C34H44FN5O5. The first-order valence-electron chi connectivity index (χ1n) is 15.2. The van der Waals surface area contributed by atoms with Gasteiger partial charge in [-0.1, -0.05) is 38.1 Å². The van der Waals surface area contributed by atoms with Crippen molar-refractivity contribution in [2.24, 2.45) is 5.92 Å². The van der Waals surface area contributed by atoms with Crippen LogP contribution in [0.3, 0.4) is 0 Å². The second-order valence-electron chi connectivity index (χ2n) is 11.7. The number of hydrogen-bond donors (Lipinski definition) is 1. The monoisotopic (exact) mass is 621 g/mol. The van der Waals surface area contributed by atoms with E-state index in [0.29, 0.717) is 48.2 Å². The van der Waals surface area contributed by atoms with Gasteiger partial charge in [-0.2, -0.15) is 0 Å². The minimum absolute atomic E-state index is 0.0961. The Morgan fingerprint density at radius 1 is 1.07 bits per heavy atom. The molecule has 1 aromatic carbocycles.